The minimum Gasteiger partial charge on any atom is -0.399 e. The molecule has 0 fully saturated rings. The molecular weight excluding hydrogens is 138 g/mol. The van der Waals surface area contributed by atoms with Gasteiger partial charge in [0, 0.05) is 18.3 Å². The van der Waals surface area contributed by atoms with Crippen molar-refractivity contribution in [2.75, 3.05) is 12.3 Å². The molecule has 0 bridgehead atoms. The van der Waals surface area contributed by atoms with E-state index in [1.165, 1.54) is 0 Å². The summed E-state index contributed by atoms with van der Waals surface area (Å²) >= 11 is 0. The molecule has 3 nitrogen and oxygen atoms in total. The number of nitrogen functional groups attached to an aromatic ring is 1. The fourth-order valence-corrected chi connectivity index (χ4v) is 0.926. The summed E-state index contributed by atoms with van der Waals surface area (Å²) in [6, 6.07) is 7.37. The maximum absolute atomic E-state index is 5.68. The number of benzene rings is 1. The highest BCUT2D eigenvalue weighted by Gasteiger charge is 2.01. The first-order valence-electron chi connectivity index (χ1n) is 3.55. The molecular formula is C8H13N3. The molecule has 0 aromatic heterocycles. The highest BCUT2D eigenvalue weighted by atomic mass is 14.7. The van der Waals surface area contributed by atoms with Crippen molar-refractivity contribution in [3.63, 3.8) is 0 Å². The predicted molar refractivity (Wildman–Crippen MR) is 46.8 cm³/mol. The molecule has 0 aliphatic rings. The fraction of sp³-hybridized carbons (Fsp3) is 0.250. The van der Waals surface area contributed by atoms with Crippen molar-refractivity contribution >= 4 is 5.69 Å². The molecule has 1 aromatic carbocycles. The van der Waals surface area contributed by atoms with Crippen LogP contribution in [-0.2, 0) is 0 Å². The first kappa shape index (κ1) is 8.04. The van der Waals surface area contributed by atoms with Crippen LogP contribution in [0.25, 0.3) is 0 Å². The fourth-order valence-electron chi connectivity index (χ4n) is 0.926. The molecule has 0 radical (unpaired) electrons. The van der Waals surface area contributed by atoms with Gasteiger partial charge in [-0.05, 0) is 17.7 Å². The van der Waals surface area contributed by atoms with E-state index in [0.29, 0.717) is 6.54 Å². The SMILES string of the molecule is NCC(N)c1cccc(N)c1. The van der Waals surface area contributed by atoms with E-state index in [-0.39, 0.29) is 6.04 Å². The molecule has 1 unspecified atom stereocenters. The van der Waals surface area contributed by atoms with Crippen molar-refractivity contribution in [1.29, 1.82) is 0 Å². The molecule has 1 rings (SSSR count). The smallest absolute Gasteiger partial charge is 0.0420 e. The average Bonchev–Trinajstić information content (AvgIpc) is 2.03. The van der Waals surface area contributed by atoms with Crippen molar-refractivity contribution < 1.29 is 0 Å². The molecule has 1 atom stereocenters. The van der Waals surface area contributed by atoms with Gasteiger partial charge in [0.15, 0.2) is 0 Å². The topological polar surface area (TPSA) is 78.1 Å². The lowest BCUT2D eigenvalue weighted by Crippen LogP contribution is -2.20. The number of hydrogen-bond acceptors (Lipinski definition) is 3. The summed E-state index contributed by atoms with van der Waals surface area (Å²) in [4.78, 5) is 0. The van der Waals surface area contributed by atoms with E-state index in [1.54, 1.807) is 0 Å². The Morgan fingerprint density at radius 1 is 1.36 bits per heavy atom. The molecule has 6 N–H and O–H groups in total. The van der Waals surface area contributed by atoms with Crippen molar-refractivity contribution in [2.45, 2.75) is 6.04 Å². The van der Waals surface area contributed by atoms with Crippen LogP contribution in [0, 0.1) is 0 Å². The van der Waals surface area contributed by atoms with Gasteiger partial charge >= 0.3 is 0 Å². The van der Waals surface area contributed by atoms with Gasteiger partial charge in [0.2, 0.25) is 0 Å². The molecule has 0 spiro atoms. The quantitative estimate of drug-likeness (QED) is 0.529. The zero-order valence-electron chi connectivity index (χ0n) is 6.33. The van der Waals surface area contributed by atoms with Gasteiger partial charge in [-0.2, -0.15) is 0 Å². The maximum atomic E-state index is 5.68. The first-order valence-corrected chi connectivity index (χ1v) is 3.55. The second-order valence-corrected chi connectivity index (χ2v) is 2.51. The number of nitrogens with two attached hydrogens (primary N) is 3. The molecule has 60 valence electrons. The lowest BCUT2D eigenvalue weighted by Gasteiger charge is -2.08. The summed E-state index contributed by atoms with van der Waals surface area (Å²) in [5.74, 6) is 0. The lowest BCUT2D eigenvalue weighted by atomic mass is 10.1. The van der Waals surface area contributed by atoms with Crippen molar-refractivity contribution in [1.82, 2.24) is 0 Å². The Morgan fingerprint density at radius 3 is 2.64 bits per heavy atom. The standard InChI is InChI=1S/C8H13N3/c9-5-8(11)6-2-1-3-7(10)4-6/h1-4,8H,5,9-11H2. The van der Waals surface area contributed by atoms with Gasteiger partial charge in [0.05, 0.1) is 0 Å². The van der Waals surface area contributed by atoms with Gasteiger partial charge < -0.3 is 17.2 Å². The summed E-state index contributed by atoms with van der Waals surface area (Å²) in [5.41, 5.74) is 18.3. The van der Waals surface area contributed by atoms with E-state index in [4.69, 9.17) is 17.2 Å². The van der Waals surface area contributed by atoms with Crippen LogP contribution in [0.5, 0.6) is 0 Å². The van der Waals surface area contributed by atoms with E-state index in [9.17, 15) is 0 Å². The van der Waals surface area contributed by atoms with Gasteiger partial charge in [-0.15, -0.1) is 0 Å². The van der Waals surface area contributed by atoms with Crippen LogP contribution < -0.4 is 17.2 Å². The molecule has 3 heteroatoms. The van der Waals surface area contributed by atoms with Crippen molar-refractivity contribution in [3.8, 4) is 0 Å². The minimum atomic E-state index is -0.0986. The maximum Gasteiger partial charge on any atom is 0.0420 e. The van der Waals surface area contributed by atoms with Crippen LogP contribution in [-0.4, -0.2) is 6.54 Å². The van der Waals surface area contributed by atoms with Gasteiger partial charge in [0.1, 0.15) is 0 Å². The van der Waals surface area contributed by atoms with Gasteiger partial charge in [-0.3, -0.25) is 0 Å². The van der Waals surface area contributed by atoms with Crippen LogP contribution in [0.3, 0.4) is 0 Å². The molecule has 1 aromatic rings. The molecule has 0 aliphatic carbocycles. The highest BCUT2D eigenvalue weighted by Crippen LogP contribution is 2.11. The van der Waals surface area contributed by atoms with E-state index in [2.05, 4.69) is 0 Å². The second-order valence-electron chi connectivity index (χ2n) is 2.51. The largest absolute Gasteiger partial charge is 0.399 e. The molecule has 0 saturated carbocycles. The Bertz CT molecular complexity index is 235. The van der Waals surface area contributed by atoms with Gasteiger partial charge in [-0.1, -0.05) is 12.1 Å². The minimum absolute atomic E-state index is 0.0986. The monoisotopic (exact) mass is 151 g/mol. The average molecular weight is 151 g/mol. The van der Waals surface area contributed by atoms with Crippen molar-refractivity contribution in [2.24, 2.45) is 11.5 Å². The molecule has 11 heavy (non-hydrogen) atoms. The van der Waals surface area contributed by atoms with E-state index >= 15 is 0 Å². The number of anilines is 1. The van der Waals surface area contributed by atoms with Crippen LogP contribution in [0.1, 0.15) is 11.6 Å². The third-order valence-electron chi connectivity index (χ3n) is 1.59. The van der Waals surface area contributed by atoms with Crippen molar-refractivity contribution in [3.05, 3.63) is 29.8 Å². The van der Waals surface area contributed by atoms with Crippen LogP contribution in [0.4, 0.5) is 5.69 Å². The first-order chi connectivity index (χ1) is 5.24. The van der Waals surface area contributed by atoms with E-state index in [1.807, 2.05) is 24.3 Å². The summed E-state index contributed by atoms with van der Waals surface area (Å²) < 4.78 is 0. The molecule has 0 heterocycles. The van der Waals surface area contributed by atoms with Gasteiger partial charge in [-0.25, -0.2) is 0 Å². The Kier molecular flexibility index (Phi) is 2.46. The van der Waals surface area contributed by atoms with Crippen LogP contribution in [0.2, 0.25) is 0 Å². The Balaban J connectivity index is 2.86. The number of hydrogen-bond donors (Lipinski definition) is 3. The zero-order chi connectivity index (χ0) is 8.27. The molecule has 0 aliphatic heterocycles. The predicted octanol–water partition coefficient (Wildman–Crippen LogP) is 0.227. The lowest BCUT2D eigenvalue weighted by molar-refractivity contribution is 0.737. The van der Waals surface area contributed by atoms with Gasteiger partial charge in [0.25, 0.3) is 0 Å². The summed E-state index contributed by atoms with van der Waals surface area (Å²) in [5, 5.41) is 0. The third kappa shape index (κ3) is 1.93. The van der Waals surface area contributed by atoms with Crippen LogP contribution >= 0.6 is 0 Å². The summed E-state index contributed by atoms with van der Waals surface area (Å²) in [7, 11) is 0. The molecule has 0 amide bonds. The van der Waals surface area contributed by atoms with E-state index < -0.39 is 0 Å². The van der Waals surface area contributed by atoms with Crippen LogP contribution in [0.15, 0.2) is 24.3 Å². The molecule has 0 saturated heterocycles. The van der Waals surface area contributed by atoms with E-state index in [0.717, 1.165) is 11.3 Å². The Hall–Kier alpha value is -1.06. The zero-order valence-corrected chi connectivity index (χ0v) is 6.33. The normalized spacial score (nSPS) is 12.9. The second kappa shape index (κ2) is 3.37. The Morgan fingerprint density at radius 2 is 2.09 bits per heavy atom. The Labute approximate surface area is 66.2 Å². The number of rotatable bonds is 2. The highest BCUT2D eigenvalue weighted by molar-refractivity contribution is 5.41. The summed E-state index contributed by atoms with van der Waals surface area (Å²) in [6.45, 7) is 0.448. The third-order valence-corrected chi connectivity index (χ3v) is 1.59. The summed E-state index contributed by atoms with van der Waals surface area (Å²) in [6.07, 6.45) is 0.